The van der Waals surface area contributed by atoms with Gasteiger partial charge in [-0.3, -0.25) is 9.89 Å². The molecule has 2 rings (SSSR count). The molecule has 2 N–H and O–H groups in total. The highest BCUT2D eigenvalue weighted by molar-refractivity contribution is 5.96. The molecule has 0 aliphatic rings. The van der Waals surface area contributed by atoms with Gasteiger partial charge in [-0.15, -0.1) is 0 Å². The number of carbonyl (C=O) groups excluding carboxylic acids is 1. The summed E-state index contributed by atoms with van der Waals surface area (Å²) in [4.78, 5) is 12.4. The molecule has 0 aliphatic carbocycles. The molecule has 1 heterocycles. The maximum atomic E-state index is 12.8. The molecule has 1 aromatic carbocycles. The van der Waals surface area contributed by atoms with Crippen LogP contribution in [0.15, 0.2) is 24.3 Å². The van der Waals surface area contributed by atoms with Crippen molar-refractivity contribution in [2.75, 3.05) is 6.61 Å². The smallest absolute Gasteiger partial charge is 0.255 e. The molecule has 0 radical (unpaired) electrons. The second-order valence-electron chi connectivity index (χ2n) is 5.90. The summed E-state index contributed by atoms with van der Waals surface area (Å²) in [6.07, 6.45) is 0. The quantitative estimate of drug-likeness (QED) is 0.859. The molecule has 0 unspecified atom stereocenters. The fourth-order valence-corrected chi connectivity index (χ4v) is 2.24. The van der Waals surface area contributed by atoms with E-state index in [1.165, 1.54) is 12.1 Å². The van der Waals surface area contributed by atoms with Crippen LogP contribution in [0.4, 0.5) is 4.39 Å². The van der Waals surface area contributed by atoms with Crippen molar-refractivity contribution >= 4 is 5.91 Å². The van der Waals surface area contributed by atoms with Gasteiger partial charge in [0.25, 0.3) is 5.91 Å². The van der Waals surface area contributed by atoms with Gasteiger partial charge in [0, 0.05) is 5.69 Å². The van der Waals surface area contributed by atoms with E-state index in [9.17, 15) is 9.18 Å². The Kier molecular flexibility index (Phi) is 5.36. The summed E-state index contributed by atoms with van der Waals surface area (Å²) in [6, 6.07) is 5.59. The standard InChI is InChI=1S/C17H22FN3O2/c1-10(2)16-15(12(4)20-21-16)17(22)19-11(3)9-23-14-7-5-13(18)6-8-14/h5-8,10-11H,9H2,1-4H3,(H,19,22)(H,20,21)/t11-/m0/s1. The molecule has 0 spiro atoms. The molecule has 1 aromatic heterocycles. The predicted octanol–water partition coefficient (Wildman–Crippen LogP) is 3.18. The minimum atomic E-state index is -0.310. The van der Waals surface area contributed by atoms with Gasteiger partial charge in [-0.2, -0.15) is 5.10 Å². The van der Waals surface area contributed by atoms with Crippen LogP contribution >= 0.6 is 0 Å². The third kappa shape index (κ3) is 4.31. The van der Waals surface area contributed by atoms with Gasteiger partial charge in [-0.1, -0.05) is 13.8 Å². The summed E-state index contributed by atoms with van der Waals surface area (Å²) in [7, 11) is 0. The first-order valence-electron chi connectivity index (χ1n) is 7.62. The lowest BCUT2D eigenvalue weighted by atomic mass is 10.0. The highest BCUT2D eigenvalue weighted by Gasteiger charge is 2.21. The monoisotopic (exact) mass is 319 g/mol. The van der Waals surface area contributed by atoms with E-state index in [4.69, 9.17) is 4.74 Å². The molecule has 0 aliphatic heterocycles. The molecule has 0 saturated carbocycles. The van der Waals surface area contributed by atoms with Crippen LogP contribution in [0.3, 0.4) is 0 Å². The number of aryl methyl sites for hydroxylation is 1. The summed E-state index contributed by atoms with van der Waals surface area (Å²) < 4.78 is 18.4. The largest absolute Gasteiger partial charge is 0.491 e. The van der Waals surface area contributed by atoms with Crippen molar-refractivity contribution in [3.8, 4) is 5.75 Å². The van der Waals surface area contributed by atoms with Gasteiger partial charge in [0.1, 0.15) is 18.2 Å². The van der Waals surface area contributed by atoms with E-state index in [1.54, 1.807) is 12.1 Å². The highest BCUT2D eigenvalue weighted by Crippen LogP contribution is 2.19. The first-order valence-corrected chi connectivity index (χ1v) is 7.62. The summed E-state index contributed by atoms with van der Waals surface area (Å²) in [6.45, 7) is 7.96. The number of H-pyrrole nitrogens is 1. The predicted molar refractivity (Wildman–Crippen MR) is 86.2 cm³/mol. The Morgan fingerprint density at radius 2 is 1.96 bits per heavy atom. The summed E-state index contributed by atoms with van der Waals surface area (Å²) in [5.41, 5.74) is 2.10. The molecule has 0 saturated heterocycles. The van der Waals surface area contributed by atoms with Crippen molar-refractivity contribution in [1.29, 1.82) is 0 Å². The van der Waals surface area contributed by atoms with Crippen LogP contribution < -0.4 is 10.1 Å². The fourth-order valence-electron chi connectivity index (χ4n) is 2.24. The minimum absolute atomic E-state index is 0.159. The number of aromatic nitrogens is 2. The number of hydrogen-bond donors (Lipinski definition) is 2. The summed E-state index contributed by atoms with van der Waals surface area (Å²) in [5.74, 6) is 0.242. The molecule has 6 heteroatoms. The van der Waals surface area contributed by atoms with E-state index < -0.39 is 0 Å². The average molecular weight is 319 g/mol. The molecule has 5 nitrogen and oxygen atoms in total. The van der Waals surface area contributed by atoms with Crippen LogP contribution in [0.5, 0.6) is 5.75 Å². The third-order valence-corrected chi connectivity index (χ3v) is 3.44. The van der Waals surface area contributed by atoms with Gasteiger partial charge in [-0.25, -0.2) is 4.39 Å². The van der Waals surface area contributed by atoms with Crippen molar-refractivity contribution in [2.45, 2.75) is 39.7 Å². The van der Waals surface area contributed by atoms with Crippen LogP contribution in [0.2, 0.25) is 0 Å². The van der Waals surface area contributed by atoms with Crippen molar-refractivity contribution in [1.82, 2.24) is 15.5 Å². The van der Waals surface area contributed by atoms with Crippen LogP contribution in [0, 0.1) is 12.7 Å². The van der Waals surface area contributed by atoms with E-state index in [0.29, 0.717) is 17.9 Å². The Bertz CT molecular complexity index is 665. The van der Waals surface area contributed by atoms with E-state index in [1.807, 2.05) is 27.7 Å². The van der Waals surface area contributed by atoms with Gasteiger partial charge in [-0.05, 0) is 44.0 Å². The van der Waals surface area contributed by atoms with Crippen LogP contribution in [0.25, 0.3) is 0 Å². The molecule has 0 fully saturated rings. The second-order valence-corrected chi connectivity index (χ2v) is 5.90. The number of nitrogens with one attached hydrogen (secondary N) is 2. The fraction of sp³-hybridized carbons (Fsp3) is 0.412. The van der Waals surface area contributed by atoms with E-state index in [2.05, 4.69) is 15.5 Å². The van der Waals surface area contributed by atoms with Gasteiger partial charge in [0.05, 0.1) is 17.3 Å². The number of nitrogens with zero attached hydrogens (tertiary/aromatic N) is 1. The average Bonchev–Trinajstić information content (AvgIpc) is 2.88. The Labute approximate surface area is 135 Å². The lowest BCUT2D eigenvalue weighted by Gasteiger charge is -2.16. The van der Waals surface area contributed by atoms with Crippen molar-refractivity contribution in [3.63, 3.8) is 0 Å². The van der Waals surface area contributed by atoms with E-state index in [0.717, 1.165) is 11.4 Å². The van der Waals surface area contributed by atoms with Crippen molar-refractivity contribution < 1.29 is 13.9 Å². The number of carbonyl (C=O) groups is 1. The zero-order valence-electron chi connectivity index (χ0n) is 13.8. The Balaban J connectivity index is 1.95. The molecule has 0 bridgehead atoms. The first-order chi connectivity index (χ1) is 10.9. The molecule has 2 aromatic rings. The van der Waals surface area contributed by atoms with E-state index in [-0.39, 0.29) is 23.7 Å². The normalized spacial score (nSPS) is 12.3. The molecular formula is C17H22FN3O2. The van der Waals surface area contributed by atoms with Crippen LogP contribution in [0.1, 0.15) is 48.4 Å². The number of halogens is 1. The lowest BCUT2D eigenvalue weighted by Crippen LogP contribution is -2.37. The van der Waals surface area contributed by atoms with Gasteiger partial charge in [0.2, 0.25) is 0 Å². The summed E-state index contributed by atoms with van der Waals surface area (Å²) >= 11 is 0. The van der Waals surface area contributed by atoms with E-state index >= 15 is 0 Å². The number of benzene rings is 1. The lowest BCUT2D eigenvalue weighted by molar-refractivity contribution is 0.0925. The Morgan fingerprint density at radius 1 is 1.30 bits per heavy atom. The minimum Gasteiger partial charge on any atom is -0.491 e. The summed E-state index contributed by atoms with van der Waals surface area (Å²) in [5, 5.41) is 9.95. The van der Waals surface area contributed by atoms with Gasteiger partial charge in [0.15, 0.2) is 0 Å². The van der Waals surface area contributed by atoms with Crippen LogP contribution in [-0.4, -0.2) is 28.8 Å². The molecule has 124 valence electrons. The maximum absolute atomic E-state index is 12.8. The third-order valence-electron chi connectivity index (χ3n) is 3.44. The molecule has 1 atom stereocenters. The number of amides is 1. The number of hydrogen-bond acceptors (Lipinski definition) is 3. The molecule has 23 heavy (non-hydrogen) atoms. The van der Waals surface area contributed by atoms with Crippen molar-refractivity contribution in [2.24, 2.45) is 0 Å². The Hall–Kier alpha value is -2.37. The zero-order valence-corrected chi connectivity index (χ0v) is 13.8. The Morgan fingerprint density at radius 3 is 2.57 bits per heavy atom. The second kappa shape index (κ2) is 7.26. The maximum Gasteiger partial charge on any atom is 0.255 e. The van der Waals surface area contributed by atoms with Crippen LogP contribution in [-0.2, 0) is 0 Å². The molecule has 1 amide bonds. The number of rotatable bonds is 6. The van der Waals surface area contributed by atoms with Gasteiger partial charge < -0.3 is 10.1 Å². The molecular weight excluding hydrogens is 297 g/mol. The topological polar surface area (TPSA) is 67.0 Å². The highest BCUT2D eigenvalue weighted by atomic mass is 19.1. The zero-order chi connectivity index (χ0) is 17.0. The first kappa shape index (κ1) is 17.0. The van der Waals surface area contributed by atoms with Crippen molar-refractivity contribution in [3.05, 3.63) is 47.0 Å². The number of ether oxygens (including phenoxy) is 1. The SMILES string of the molecule is Cc1[nH]nc(C(C)C)c1C(=O)N[C@@H](C)COc1ccc(F)cc1. The van der Waals surface area contributed by atoms with Gasteiger partial charge >= 0.3 is 0 Å². The number of aromatic amines is 1.